The van der Waals surface area contributed by atoms with E-state index in [9.17, 15) is 0 Å². The summed E-state index contributed by atoms with van der Waals surface area (Å²) in [5.41, 5.74) is 3.30. The fraction of sp³-hybridized carbons (Fsp3) is 0.182. The summed E-state index contributed by atoms with van der Waals surface area (Å²) < 4.78 is 0. The Morgan fingerprint density at radius 1 is 1.50 bits per heavy atom. The van der Waals surface area contributed by atoms with Gasteiger partial charge in [0, 0.05) is 0 Å². The Labute approximate surface area is 73.5 Å². The fourth-order valence-corrected chi connectivity index (χ4v) is 1.09. The lowest BCUT2D eigenvalue weighted by Crippen LogP contribution is -1.80. The van der Waals surface area contributed by atoms with Crippen LogP contribution in [0.2, 0.25) is 0 Å². The summed E-state index contributed by atoms with van der Waals surface area (Å²) in [6.07, 6.45) is 8.94. The third-order valence-corrected chi connectivity index (χ3v) is 1.86. The molecule has 1 aliphatic carbocycles. The lowest BCUT2D eigenvalue weighted by atomic mass is 10.1. The number of hydrogen-bond donors (Lipinski definition) is 0. The monoisotopic (exact) mass is 159 g/mol. The molecular formula is C11H13N. The van der Waals surface area contributed by atoms with Gasteiger partial charge < -0.3 is 0 Å². The molecule has 1 heteroatoms. The standard InChI is InChI=1S/C11H13N/c1-4-10-7-5-9(2)6-8-11(10)12-3/h4,6-8H,1,3,5H2,2H3. The van der Waals surface area contributed by atoms with Crippen molar-refractivity contribution in [3.63, 3.8) is 0 Å². The van der Waals surface area contributed by atoms with E-state index >= 15 is 0 Å². The van der Waals surface area contributed by atoms with Crippen LogP contribution in [0.5, 0.6) is 0 Å². The van der Waals surface area contributed by atoms with Gasteiger partial charge in [-0.2, -0.15) is 0 Å². The van der Waals surface area contributed by atoms with Gasteiger partial charge in [-0.1, -0.05) is 30.4 Å². The van der Waals surface area contributed by atoms with Crippen LogP contribution in [0.3, 0.4) is 0 Å². The van der Waals surface area contributed by atoms with Gasteiger partial charge in [-0.25, -0.2) is 0 Å². The summed E-state index contributed by atoms with van der Waals surface area (Å²) >= 11 is 0. The minimum atomic E-state index is 0.904. The summed E-state index contributed by atoms with van der Waals surface area (Å²) in [5, 5.41) is 0. The molecule has 0 unspecified atom stereocenters. The van der Waals surface area contributed by atoms with E-state index in [0.29, 0.717) is 0 Å². The van der Waals surface area contributed by atoms with Gasteiger partial charge in [-0.05, 0) is 31.7 Å². The van der Waals surface area contributed by atoms with E-state index < -0.39 is 0 Å². The third kappa shape index (κ3) is 1.82. The average Bonchev–Trinajstić information content (AvgIpc) is 2.27. The summed E-state index contributed by atoms with van der Waals surface area (Å²) in [6, 6.07) is 0. The van der Waals surface area contributed by atoms with Crippen LogP contribution >= 0.6 is 0 Å². The molecule has 0 fully saturated rings. The third-order valence-electron chi connectivity index (χ3n) is 1.86. The largest absolute Gasteiger partial charge is 0.264 e. The zero-order chi connectivity index (χ0) is 8.97. The van der Waals surface area contributed by atoms with E-state index in [1.807, 2.05) is 12.2 Å². The second kappa shape index (κ2) is 3.86. The molecule has 0 bridgehead atoms. The molecule has 62 valence electrons. The van der Waals surface area contributed by atoms with Crippen molar-refractivity contribution in [2.24, 2.45) is 4.99 Å². The van der Waals surface area contributed by atoms with Gasteiger partial charge in [0.25, 0.3) is 0 Å². The normalized spacial score (nSPS) is 16.9. The molecular weight excluding hydrogens is 146 g/mol. The maximum atomic E-state index is 3.92. The predicted octanol–water partition coefficient (Wildman–Crippen LogP) is 3.03. The maximum Gasteiger partial charge on any atom is 0.0691 e. The lowest BCUT2D eigenvalue weighted by molar-refractivity contribution is 1.21. The molecule has 0 radical (unpaired) electrons. The maximum absolute atomic E-state index is 3.92. The van der Waals surface area contributed by atoms with Gasteiger partial charge in [0.15, 0.2) is 0 Å². The van der Waals surface area contributed by atoms with Crippen LogP contribution < -0.4 is 0 Å². The summed E-state index contributed by atoms with van der Waals surface area (Å²) in [6.45, 7) is 9.34. The Morgan fingerprint density at radius 3 is 2.83 bits per heavy atom. The second-order valence-electron chi connectivity index (χ2n) is 2.79. The highest BCUT2D eigenvalue weighted by Crippen LogP contribution is 2.19. The number of nitrogens with zero attached hydrogens (tertiary/aromatic N) is 1. The van der Waals surface area contributed by atoms with Crippen LogP contribution in [-0.4, -0.2) is 6.72 Å². The van der Waals surface area contributed by atoms with Crippen molar-refractivity contribution in [1.82, 2.24) is 0 Å². The lowest BCUT2D eigenvalue weighted by Gasteiger charge is -1.98. The highest BCUT2D eigenvalue weighted by Gasteiger charge is 2.00. The van der Waals surface area contributed by atoms with Crippen LogP contribution in [0.1, 0.15) is 13.3 Å². The zero-order valence-corrected chi connectivity index (χ0v) is 7.38. The Balaban J connectivity index is 3.05. The van der Waals surface area contributed by atoms with E-state index in [4.69, 9.17) is 0 Å². The molecule has 0 aliphatic heterocycles. The fourth-order valence-electron chi connectivity index (χ4n) is 1.09. The van der Waals surface area contributed by atoms with E-state index in [1.54, 1.807) is 0 Å². The van der Waals surface area contributed by atoms with Gasteiger partial charge in [0.2, 0.25) is 0 Å². The number of aliphatic imine (C=N–C) groups is 1. The first-order chi connectivity index (χ1) is 5.77. The van der Waals surface area contributed by atoms with Crippen molar-refractivity contribution in [3.05, 3.63) is 47.7 Å². The predicted molar refractivity (Wildman–Crippen MR) is 54.3 cm³/mol. The van der Waals surface area contributed by atoms with Crippen LogP contribution in [0.25, 0.3) is 0 Å². The minimum Gasteiger partial charge on any atom is -0.264 e. The molecule has 0 aromatic heterocycles. The minimum absolute atomic E-state index is 0.904. The van der Waals surface area contributed by atoms with Gasteiger partial charge in [0.05, 0.1) is 5.70 Å². The van der Waals surface area contributed by atoms with Crippen LogP contribution in [0, 0.1) is 0 Å². The van der Waals surface area contributed by atoms with Gasteiger partial charge in [-0.3, -0.25) is 4.99 Å². The van der Waals surface area contributed by atoms with Crippen molar-refractivity contribution in [3.8, 4) is 0 Å². The molecule has 0 aromatic rings. The Morgan fingerprint density at radius 2 is 2.25 bits per heavy atom. The molecule has 0 saturated carbocycles. The first kappa shape index (κ1) is 8.72. The molecule has 0 amide bonds. The molecule has 0 heterocycles. The van der Waals surface area contributed by atoms with Crippen molar-refractivity contribution in [2.45, 2.75) is 13.3 Å². The van der Waals surface area contributed by atoms with Crippen molar-refractivity contribution >= 4 is 6.72 Å². The van der Waals surface area contributed by atoms with Crippen LogP contribution in [0.4, 0.5) is 0 Å². The Hall–Kier alpha value is -1.37. The SMILES string of the molecule is C=CC1=CCC(C)=CC=C1N=C. The molecule has 0 saturated heterocycles. The summed E-state index contributed by atoms with van der Waals surface area (Å²) in [7, 11) is 0. The molecule has 1 aliphatic rings. The van der Waals surface area contributed by atoms with Crippen LogP contribution in [0.15, 0.2) is 52.7 Å². The molecule has 0 atom stereocenters. The molecule has 0 aromatic carbocycles. The van der Waals surface area contributed by atoms with E-state index in [0.717, 1.165) is 17.7 Å². The Kier molecular flexibility index (Phi) is 2.81. The molecule has 0 N–H and O–H groups in total. The van der Waals surface area contributed by atoms with Crippen LogP contribution in [-0.2, 0) is 0 Å². The molecule has 12 heavy (non-hydrogen) atoms. The average molecular weight is 159 g/mol. The first-order valence-electron chi connectivity index (χ1n) is 3.95. The van der Waals surface area contributed by atoms with Crippen molar-refractivity contribution in [1.29, 1.82) is 0 Å². The molecule has 1 rings (SSSR count). The zero-order valence-electron chi connectivity index (χ0n) is 7.38. The van der Waals surface area contributed by atoms with Gasteiger partial charge >= 0.3 is 0 Å². The second-order valence-corrected chi connectivity index (χ2v) is 2.79. The van der Waals surface area contributed by atoms with Crippen molar-refractivity contribution in [2.75, 3.05) is 0 Å². The summed E-state index contributed by atoms with van der Waals surface area (Å²) in [4.78, 5) is 3.92. The summed E-state index contributed by atoms with van der Waals surface area (Å²) in [5.74, 6) is 0. The van der Waals surface area contributed by atoms with Crippen molar-refractivity contribution < 1.29 is 0 Å². The highest BCUT2D eigenvalue weighted by atomic mass is 14.7. The topological polar surface area (TPSA) is 12.4 Å². The molecule has 1 nitrogen and oxygen atoms in total. The quantitative estimate of drug-likeness (QED) is 0.549. The van der Waals surface area contributed by atoms with E-state index in [-0.39, 0.29) is 0 Å². The van der Waals surface area contributed by atoms with Gasteiger partial charge in [-0.15, -0.1) is 0 Å². The highest BCUT2D eigenvalue weighted by molar-refractivity contribution is 5.47. The Bertz CT molecular complexity index is 290. The molecule has 0 spiro atoms. The number of rotatable bonds is 2. The van der Waals surface area contributed by atoms with E-state index in [1.165, 1.54) is 5.57 Å². The number of hydrogen-bond acceptors (Lipinski definition) is 1. The van der Waals surface area contributed by atoms with E-state index in [2.05, 4.69) is 37.4 Å². The smallest absolute Gasteiger partial charge is 0.0691 e. The number of allylic oxidation sites excluding steroid dienone is 5. The van der Waals surface area contributed by atoms with Gasteiger partial charge in [0.1, 0.15) is 0 Å². The first-order valence-corrected chi connectivity index (χ1v) is 3.95.